The zero-order chi connectivity index (χ0) is 39.8. The Labute approximate surface area is 312 Å². The highest BCUT2D eigenvalue weighted by atomic mass is 16.4. The van der Waals surface area contributed by atoms with Crippen LogP contribution in [-0.2, 0) is 47.7 Å². The number of aryl methyl sites for hydroxylation is 1. The maximum atomic E-state index is 14.0. The summed E-state index contributed by atoms with van der Waals surface area (Å²) in [5.41, 5.74) is 2.80. The molecule has 3 rings (SSSR count). The number of hydrogen-bond donors (Lipinski definition) is 5. The molecule has 0 fully saturated rings. The average Bonchev–Trinajstić information content (AvgIpc) is 3.60. The van der Waals surface area contributed by atoms with Gasteiger partial charge in [0.2, 0.25) is 23.6 Å². The van der Waals surface area contributed by atoms with Gasteiger partial charge in [-0.15, -0.1) is 0 Å². The Kier molecular flexibility index (Phi) is 14.2. The van der Waals surface area contributed by atoms with Gasteiger partial charge in [-0.25, -0.2) is 4.79 Å². The maximum Gasteiger partial charge on any atom is 0.326 e. The van der Waals surface area contributed by atoms with Gasteiger partial charge in [0.1, 0.15) is 12.1 Å². The maximum absolute atomic E-state index is 14.0. The molecule has 1 aliphatic carbocycles. The van der Waals surface area contributed by atoms with E-state index in [4.69, 9.17) is 0 Å². The fourth-order valence-corrected chi connectivity index (χ4v) is 6.59. The summed E-state index contributed by atoms with van der Waals surface area (Å²) in [6.07, 6.45) is 12.4. The molecule has 5 amide bonds. The number of nitrogens with one attached hydrogen (secondary N) is 4. The second kappa shape index (κ2) is 17.7. The van der Waals surface area contributed by atoms with Crippen molar-refractivity contribution in [3.8, 4) is 0 Å². The molecule has 0 saturated heterocycles. The van der Waals surface area contributed by atoms with Gasteiger partial charge in [0.05, 0.1) is 6.04 Å². The van der Waals surface area contributed by atoms with E-state index in [1.807, 2.05) is 41.7 Å². The Bertz CT molecular complexity index is 1680. The van der Waals surface area contributed by atoms with Crippen molar-refractivity contribution in [2.75, 3.05) is 33.7 Å². The molecule has 290 valence electrons. The van der Waals surface area contributed by atoms with Crippen LogP contribution in [0.1, 0.15) is 77.6 Å². The molecule has 0 bridgehead atoms. The highest BCUT2D eigenvalue weighted by Gasteiger charge is 2.42. The van der Waals surface area contributed by atoms with E-state index >= 15 is 0 Å². The van der Waals surface area contributed by atoms with E-state index in [1.54, 1.807) is 20.2 Å². The first-order valence-corrected chi connectivity index (χ1v) is 17.9. The van der Waals surface area contributed by atoms with Crippen LogP contribution in [-0.4, -0.2) is 107 Å². The minimum atomic E-state index is -1.33. The Morgan fingerprint density at radius 2 is 1.74 bits per heavy atom. The second-order valence-corrected chi connectivity index (χ2v) is 15.4. The van der Waals surface area contributed by atoms with Gasteiger partial charge < -0.3 is 40.7 Å². The summed E-state index contributed by atoms with van der Waals surface area (Å²) in [4.78, 5) is 79.6. The third kappa shape index (κ3) is 10.6. The highest BCUT2D eigenvalue weighted by molar-refractivity contribution is 5.96. The summed E-state index contributed by atoms with van der Waals surface area (Å²) in [6.45, 7) is 15.3. The molecule has 5 N–H and O–H groups in total. The van der Waals surface area contributed by atoms with Crippen molar-refractivity contribution < 1.29 is 33.9 Å². The zero-order valence-electron chi connectivity index (χ0n) is 32.6. The number of allylic oxidation sites excluding steroid dienone is 2. The fraction of sp³-hybridized carbons (Fsp3) is 0.538. The largest absolute Gasteiger partial charge is 0.480 e. The number of nitrogens with zero attached hydrogens (tertiary/aromatic N) is 3. The van der Waals surface area contributed by atoms with Crippen LogP contribution >= 0.6 is 0 Å². The van der Waals surface area contributed by atoms with Crippen molar-refractivity contribution in [2.45, 2.75) is 90.8 Å². The number of rotatable bonds is 17. The number of amides is 5. The van der Waals surface area contributed by atoms with Crippen molar-refractivity contribution in [1.82, 2.24) is 35.6 Å². The van der Waals surface area contributed by atoms with E-state index in [0.29, 0.717) is 5.70 Å². The summed E-state index contributed by atoms with van der Waals surface area (Å²) in [7, 11) is 5.32. The molecule has 0 radical (unpaired) electrons. The topological polar surface area (TPSA) is 182 Å². The van der Waals surface area contributed by atoms with Gasteiger partial charge in [0.15, 0.2) is 0 Å². The van der Waals surface area contributed by atoms with Gasteiger partial charge >= 0.3 is 5.97 Å². The predicted molar refractivity (Wildman–Crippen MR) is 203 cm³/mol. The van der Waals surface area contributed by atoms with Crippen molar-refractivity contribution in [2.24, 2.45) is 12.5 Å². The minimum absolute atomic E-state index is 0.0194. The number of hydrogen-bond acceptors (Lipinski definition) is 7. The van der Waals surface area contributed by atoms with Crippen LogP contribution in [0, 0.1) is 5.41 Å². The SMILES string of the molecule is C=C1C=CC(=O)N1CCNC(=O)CCC(NC(=O)/C(C)=C/CN(C)C(=O)C(NC(=O)C(NC)C(C)(C)c1cn(C)c2c1C=CCC2)C(C)(C)C)C(=O)O. The van der Waals surface area contributed by atoms with Gasteiger partial charge in [0.25, 0.3) is 5.91 Å². The molecule has 14 heteroatoms. The number of aliphatic carboxylic acids is 1. The van der Waals surface area contributed by atoms with Crippen LogP contribution in [0.4, 0.5) is 0 Å². The average molecular weight is 736 g/mol. The van der Waals surface area contributed by atoms with Gasteiger partial charge in [-0.1, -0.05) is 59.4 Å². The normalized spacial score (nSPS) is 16.2. The van der Waals surface area contributed by atoms with Gasteiger partial charge in [-0.3, -0.25) is 24.0 Å². The van der Waals surface area contributed by atoms with Crippen molar-refractivity contribution >= 4 is 41.6 Å². The molecule has 0 spiro atoms. The standard InChI is InChI=1S/C39H57N7O7/c1-24(34(49)42-28(37(52)53)16-17-30(47)41-20-22-46-25(2)15-18-31(46)48)19-21-44(9)36(51)33(38(3,4)5)43-35(50)32(40-8)39(6,7)27-23-45(10)29-14-12-11-13-26(27)29/h11,13,15,18-19,23,28,32-33,40H,2,12,14,16-17,20-22H2,1,3-10H3,(H,41,47)(H,42,49)(H,43,50)(H,52,53)/b24-19+. The van der Waals surface area contributed by atoms with Crippen LogP contribution in [0.3, 0.4) is 0 Å². The minimum Gasteiger partial charge on any atom is -0.480 e. The number of carbonyl (C=O) groups is 6. The Hall–Kier alpha value is -4.98. The van der Waals surface area contributed by atoms with Crippen LogP contribution in [0.15, 0.2) is 48.4 Å². The third-order valence-corrected chi connectivity index (χ3v) is 9.91. The molecule has 1 aromatic rings. The summed E-state index contributed by atoms with van der Waals surface area (Å²) in [6, 6.07) is -2.89. The van der Waals surface area contributed by atoms with Gasteiger partial charge in [-0.05, 0) is 55.9 Å². The van der Waals surface area contributed by atoms with Crippen LogP contribution in [0.25, 0.3) is 6.08 Å². The molecule has 1 aliphatic heterocycles. The molecule has 3 atom stereocenters. The number of aromatic nitrogens is 1. The molecule has 53 heavy (non-hydrogen) atoms. The molecular weight excluding hydrogens is 678 g/mol. The van der Waals surface area contributed by atoms with Crippen molar-refractivity contribution in [3.63, 3.8) is 0 Å². The highest BCUT2D eigenvalue weighted by Crippen LogP contribution is 2.36. The lowest BCUT2D eigenvalue weighted by atomic mass is 9.75. The van der Waals surface area contributed by atoms with E-state index < -0.39 is 46.7 Å². The van der Waals surface area contributed by atoms with E-state index in [-0.39, 0.29) is 55.8 Å². The predicted octanol–water partition coefficient (Wildman–Crippen LogP) is 2.16. The number of carboxylic acid groups (broad SMARTS) is 1. The lowest BCUT2D eigenvalue weighted by Gasteiger charge is -2.38. The van der Waals surface area contributed by atoms with Gasteiger partial charge in [0, 0.05) is 74.8 Å². The lowest BCUT2D eigenvalue weighted by molar-refractivity contribution is -0.141. The molecule has 0 saturated carbocycles. The van der Waals surface area contributed by atoms with Crippen LogP contribution in [0.5, 0.6) is 0 Å². The molecular formula is C39H57N7O7. The summed E-state index contributed by atoms with van der Waals surface area (Å²) in [5, 5.41) is 21.0. The Morgan fingerprint density at radius 1 is 1.06 bits per heavy atom. The van der Waals surface area contributed by atoms with E-state index in [9.17, 15) is 33.9 Å². The third-order valence-electron chi connectivity index (χ3n) is 9.91. The first kappa shape index (κ1) is 42.4. The summed E-state index contributed by atoms with van der Waals surface area (Å²) >= 11 is 0. The quantitative estimate of drug-likeness (QED) is 0.151. The molecule has 0 aromatic carbocycles. The fourth-order valence-electron chi connectivity index (χ4n) is 6.59. The number of carboxylic acids is 1. The van der Waals surface area contributed by atoms with Crippen molar-refractivity contribution in [3.05, 3.63) is 65.2 Å². The first-order valence-electron chi connectivity index (χ1n) is 17.9. The second-order valence-electron chi connectivity index (χ2n) is 15.4. The van der Waals surface area contributed by atoms with E-state index in [0.717, 1.165) is 24.0 Å². The monoisotopic (exact) mass is 735 g/mol. The van der Waals surface area contributed by atoms with Crippen LogP contribution < -0.4 is 21.3 Å². The zero-order valence-corrected chi connectivity index (χ0v) is 32.6. The number of carbonyl (C=O) groups excluding carboxylic acids is 5. The molecule has 2 heterocycles. The van der Waals surface area contributed by atoms with Gasteiger partial charge in [-0.2, -0.15) is 0 Å². The summed E-state index contributed by atoms with van der Waals surface area (Å²) in [5.74, 6) is -3.28. The molecule has 2 aliphatic rings. The number of likely N-dealkylation sites (N-methyl/N-ethyl adjacent to an activating group) is 2. The lowest BCUT2D eigenvalue weighted by Crippen LogP contribution is -2.60. The van der Waals surface area contributed by atoms with Crippen molar-refractivity contribution in [1.29, 1.82) is 0 Å². The van der Waals surface area contributed by atoms with Crippen LogP contribution in [0.2, 0.25) is 0 Å². The smallest absolute Gasteiger partial charge is 0.326 e. The Morgan fingerprint density at radius 3 is 2.32 bits per heavy atom. The van der Waals surface area contributed by atoms with E-state index in [1.165, 1.54) is 34.6 Å². The van der Waals surface area contributed by atoms with E-state index in [2.05, 4.69) is 50.8 Å². The molecule has 3 unspecified atom stereocenters. The molecule has 14 nitrogen and oxygen atoms in total. The Balaban J connectivity index is 1.60. The molecule has 1 aromatic heterocycles. The summed E-state index contributed by atoms with van der Waals surface area (Å²) < 4.78 is 2.12. The number of fused-ring (bicyclic) bond motifs is 1. The first-order chi connectivity index (χ1) is 24.7.